The summed E-state index contributed by atoms with van der Waals surface area (Å²) in [7, 11) is 1.65. The van der Waals surface area contributed by atoms with E-state index >= 15 is 0 Å². The van der Waals surface area contributed by atoms with Crippen LogP contribution in [-0.2, 0) is 4.79 Å². The Morgan fingerprint density at radius 2 is 1.92 bits per heavy atom. The van der Waals surface area contributed by atoms with Gasteiger partial charge in [-0.05, 0) is 43.2 Å². The van der Waals surface area contributed by atoms with E-state index in [0.717, 1.165) is 28.0 Å². The van der Waals surface area contributed by atoms with Crippen LogP contribution in [0.15, 0.2) is 48.5 Å². The first-order chi connectivity index (χ1) is 12.6. The van der Waals surface area contributed by atoms with Crippen molar-refractivity contribution in [1.82, 2.24) is 10.3 Å². The molecule has 136 valence electrons. The van der Waals surface area contributed by atoms with E-state index in [0.29, 0.717) is 5.13 Å². The highest BCUT2D eigenvalue weighted by Gasteiger charge is 2.19. The second kappa shape index (κ2) is 8.29. The third-order valence-corrected chi connectivity index (χ3v) is 5.25. The SMILES string of the molecule is CCC(NC(C)C(=O)Nc1nc2ccccc2s1)c1ccc(OC)cc1. The highest BCUT2D eigenvalue weighted by Crippen LogP contribution is 2.26. The summed E-state index contributed by atoms with van der Waals surface area (Å²) in [5.41, 5.74) is 2.03. The van der Waals surface area contributed by atoms with Gasteiger partial charge in [-0.15, -0.1) is 0 Å². The van der Waals surface area contributed by atoms with Crippen molar-refractivity contribution in [3.05, 3.63) is 54.1 Å². The van der Waals surface area contributed by atoms with Gasteiger partial charge < -0.3 is 10.1 Å². The van der Waals surface area contributed by atoms with Crippen LogP contribution < -0.4 is 15.4 Å². The molecule has 0 radical (unpaired) electrons. The van der Waals surface area contributed by atoms with Gasteiger partial charge in [-0.1, -0.05) is 42.5 Å². The average molecular weight is 369 g/mol. The van der Waals surface area contributed by atoms with Crippen molar-refractivity contribution in [3.63, 3.8) is 0 Å². The summed E-state index contributed by atoms with van der Waals surface area (Å²) < 4.78 is 6.27. The zero-order chi connectivity index (χ0) is 18.5. The predicted octanol–water partition coefficient (Wildman–Crippen LogP) is 4.37. The molecular weight excluding hydrogens is 346 g/mol. The molecule has 0 aliphatic carbocycles. The Hall–Kier alpha value is -2.44. The van der Waals surface area contributed by atoms with Gasteiger partial charge in [-0.3, -0.25) is 10.1 Å². The lowest BCUT2D eigenvalue weighted by molar-refractivity contribution is -0.118. The van der Waals surface area contributed by atoms with E-state index in [2.05, 4.69) is 22.5 Å². The molecule has 0 spiro atoms. The predicted molar refractivity (Wildman–Crippen MR) is 107 cm³/mol. The summed E-state index contributed by atoms with van der Waals surface area (Å²) >= 11 is 1.48. The van der Waals surface area contributed by atoms with Gasteiger partial charge in [0.25, 0.3) is 0 Å². The van der Waals surface area contributed by atoms with Gasteiger partial charge >= 0.3 is 0 Å². The Bertz CT molecular complexity index is 843. The number of hydrogen-bond donors (Lipinski definition) is 2. The van der Waals surface area contributed by atoms with E-state index in [-0.39, 0.29) is 18.0 Å². The molecule has 5 nitrogen and oxygen atoms in total. The number of anilines is 1. The fourth-order valence-electron chi connectivity index (χ4n) is 2.80. The van der Waals surface area contributed by atoms with Crippen LogP contribution in [0, 0.1) is 0 Å². The molecule has 26 heavy (non-hydrogen) atoms. The summed E-state index contributed by atoms with van der Waals surface area (Å²) in [5, 5.41) is 6.94. The molecule has 2 unspecified atom stereocenters. The fraction of sp³-hybridized carbons (Fsp3) is 0.300. The van der Waals surface area contributed by atoms with Gasteiger partial charge in [0, 0.05) is 6.04 Å². The second-order valence-electron chi connectivity index (χ2n) is 6.10. The Morgan fingerprint density at radius 3 is 2.58 bits per heavy atom. The molecule has 1 aromatic heterocycles. The Labute approximate surface area is 157 Å². The highest BCUT2D eigenvalue weighted by atomic mass is 32.1. The van der Waals surface area contributed by atoms with Crippen LogP contribution in [0.2, 0.25) is 0 Å². The van der Waals surface area contributed by atoms with Gasteiger partial charge in [0.05, 0.1) is 23.4 Å². The topological polar surface area (TPSA) is 63.2 Å². The lowest BCUT2D eigenvalue weighted by Crippen LogP contribution is -2.40. The molecule has 0 aliphatic heterocycles. The van der Waals surface area contributed by atoms with Crippen LogP contribution in [0.25, 0.3) is 10.2 Å². The summed E-state index contributed by atoms with van der Waals surface area (Å²) in [6.07, 6.45) is 0.880. The third-order valence-electron chi connectivity index (χ3n) is 4.29. The average Bonchev–Trinajstić information content (AvgIpc) is 3.08. The molecule has 3 aromatic rings. The number of rotatable bonds is 7. The quantitative estimate of drug-likeness (QED) is 0.649. The molecule has 3 rings (SSSR count). The molecule has 6 heteroatoms. The van der Waals surface area contributed by atoms with Crippen LogP contribution >= 0.6 is 11.3 Å². The normalized spacial score (nSPS) is 13.3. The van der Waals surface area contributed by atoms with Gasteiger partial charge in [-0.2, -0.15) is 0 Å². The van der Waals surface area contributed by atoms with E-state index in [1.807, 2.05) is 55.5 Å². The molecule has 2 atom stereocenters. The maximum atomic E-state index is 12.5. The number of fused-ring (bicyclic) bond motifs is 1. The number of hydrogen-bond acceptors (Lipinski definition) is 5. The number of carbonyl (C=O) groups excluding carboxylic acids is 1. The number of ether oxygens (including phenoxy) is 1. The smallest absolute Gasteiger partial charge is 0.243 e. The van der Waals surface area contributed by atoms with Crippen molar-refractivity contribution >= 4 is 32.6 Å². The van der Waals surface area contributed by atoms with E-state index in [1.165, 1.54) is 11.3 Å². The highest BCUT2D eigenvalue weighted by molar-refractivity contribution is 7.22. The maximum absolute atomic E-state index is 12.5. The molecule has 2 aromatic carbocycles. The molecular formula is C20H23N3O2S. The minimum absolute atomic E-state index is 0.0870. The van der Waals surface area contributed by atoms with E-state index < -0.39 is 0 Å². The lowest BCUT2D eigenvalue weighted by atomic mass is 10.0. The van der Waals surface area contributed by atoms with Crippen LogP contribution in [0.4, 0.5) is 5.13 Å². The second-order valence-corrected chi connectivity index (χ2v) is 7.13. The van der Waals surface area contributed by atoms with Crippen molar-refractivity contribution in [3.8, 4) is 5.75 Å². The van der Waals surface area contributed by atoms with Gasteiger partial charge in [0.15, 0.2) is 5.13 Å². The molecule has 2 N–H and O–H groups in total. The minimum Gasteiger partial charge on any atom is -0.497 e. The minimum atomic E-state index is -0.339. The zero-order valence-electron chi connectivity index (χ0n) is 15.2. The van der Waals surface area contributed by atoms with E-state index in [4.69, 9.17) is 4.74 Å². The Morgan fingerprint density at radius 1 is 1.19 bits per heavy atom. The first-order valence-corrected chi connectivity index (χ1v) is 9.48. The van der Waals surface area contributed by atoms with Crippen LogP contribution in [0.5, 0.6) is 5.75 Å². The van der Waals surface area contributed by atoms with E-state index in [9.17, 15) is 4.79 Å². The molecule has 0 bridgehead atoms. The molecule has 0 saturated carbocycles. The maximum Gasteiger partial charge on any atom is 0.243 e. The molecule has 0 saturated heterocycles. The van der Waals surface area contributed by atoms with Gasteiger partial charge in [-0.25, -0.2) is 4.98 Å². The van der Waals surface area contributed by atoms with Crippen molar-refractivity contribution in [2.45, 2.75) is 32.4 Å². The Balaban J connectivity index is 1.64. The number of aromatic nitrogens is 1. The van der Waals surface area contributed by atoms with Crippen molar-refractivity contribution in [2.75, 3.05) is 12.4 Å². The monoisotopic (exact) mass is 369 g/mol. The first kappa shape index (κ1) is 18.4. The number of nitrogens with zero attached hydrogens (tertiary/aromatic N) is 1. The first-order valence-electron chi connectivity index (χ1n) is 8.67. The summed E-state index contributed by atoms with van der Waals surface area (Å²) in [5.74, 6) is 0.737. The van der Waals surface area contributed by atoms with Crippen molar-refractivity contribution in [2.24, 2.45) is 0 Å². The number of nitrogens with one attached hydrogen (secondary N) is 2. The Kier molecular flexibility index (Phi) is 5.85. The summed E-state index contributed by atoms with van der Waals surface area (Å²) in [6, 6.07) is 15.5. The molecule has 1 amide bonds. The number of benzene rings is 2. The van der Waals surface area contributed by atoms with E-state index in [1.54, 1.807) is 7.11 Å². The number of amides is 1. The summed E-state index contributed by atoms with van der Waals surface area (Å²) in [4.78, 5) is 17.0. The molecule has 0 fully saturated rings. The number of carbonyl (C=O) groups is 1. The van der Waals surface area contributed by atoms with Crippen LogP contribution in [-0.4, -0.2) is 24.0 Å². The molecule has 1 heterocycles. The number of para-hydroxylation sites is 1. The zero-order valence-corrected chi connectivity index (χ0v) is 16.0. The fourth-order valence-corrected chi connectivity index (χ4v) is 3.67. The summed E-state index contributed by atoms with van der Waals surface area (Å²) in [6.45, 7) is 3.97. The lowest BCUT2D eigenvalue weighted by Gasteiger charge is -2.22. The standard InChI is InChI=1S/C20H23N3O2S/c1-4-16(14-9-11-15(25-3)12-10-14)21-13(2)19(24)23-20-22-17-7-5-6-8-18(17)26-20/h5-13,16,21H,4H2,1-3H3,(H,22,23,24). The number of methoxy groups -OCH3 is 1. The largest absolute Gasteiger partial charge is 0.497 e. The van der Waals surface area contributed by atoms with Crippen molar-refractivity contribution < 1.29 is 9.53 Å². The van der Waals surface area contributed by atoms with Crippen LogP contribution in [0.3, 0.4) is 0 Å². The third kappa shape index (κ3) is 4.20. The van der Waals surface area contributed by atoms with Crippen molar-refractivity contribution in [1.29, 1.82) is 0 Å². The van der Waals surface area contributed by atoms with Crippen LogP contribution in [0.1, 0.15) is 31.9 Å². The van der Waals surface area contributed by atoms with Gasteiger partial charge in [0.1, 0.15) is 5.75 Å². The van der Waals surface area contributed by atoms with Gasteiger partial charge in [0.2, 0.25) is 5.91 Å². The number of thiazole rings is 1. The molecule has 0 aliphatic rings.